The summed E-state index contributed by atoms with van der Waals surface area (Å²) in [5.74, 6) is 2.82. The number of hydrogen-bond donors (Lipinski definition) is 0. The van der Waals surface area contributed by atoms with Gasteiger partial charge in [0.1, 0.15) is 0 Å². The van der Waals surface area contributed by atoms with Crippen LogP contribution in [0.15, 0.2) is 0 Å². The number of rotatable bonds is 3. The van der Waals surface area contributed by atoms with Gasteiger partial charge in [0, 0.05) is 18.1 Å². The Labute approximate surface area is 136 Å². The Morgan fingerprint density at radius 2 is 1.48 bits per heavy atom. The highest BCUT2D eigenvalue weighted by atomic mass is 15.3. The van der Waals surface area contributed by atoms with Gasteiger partial charge in [0.05, 0.1) is 0 Å². The zero-order valence-corrected chi connectivity index (χ0v) is 17.1. The molecule has 3 rings (SSSR count). The lowest BCUT2D eigenvalue weighted by atomic mass is 9.63. The van der Waals surface area contributed by atoms with Crippen molar-refractivity contribution in [2.75, 3.05) is 6.54 Å². The summed E-state index contributed by atoms with van der Waals surface area (Å²) in [5, 5.41) is 0. The minimum atomic E-state index is 0.508. The molecular weight excluding hydrogens is 254 g/mol. The number of nitrogens with zero attached hydrogens (tertiary/aromatic N) is 1. The molecule has 3 saturated heterocycles. The summed E-state index contributed by atoms with van der Waals surface area (Å²) in [6.45, 7) is 25.4. The van der Waals surface area contributed by atoms with Crippen LogP contribution in [0.25, 0.3) is 0 Å². The van der Waals surface area contributed by atoms with Crippen LogP contribution in [0.1, 0.15) is 95.4 Å². The third-order valence-electron chi connectivity index (χ3n) is 5.03. The largest absolute Gasteiger partial charge is 0.295 e. The minimum absolute atomic E-state index is 0.508. The van der Waals surface area contributed by atoms with Crippen molar-refractivity contribution in [3.8, 4) is 0 Å². The topological polar surface area (TPSA) is 3.24 Å². The van der Waals surface area contributed by atoms with Crippen molar-refractivity contribution >= 4 is 0 Å². The van der Waals surface area contributed by atoms with Crippen molar-refractivity contribution in [2.45, 2.75) is 107 Å². The third-order valence-corrected chi connectivity index (χ3v) is 5.03. The molecule has 3 aliphatic heterocycles. The molecule has 1 nitrogen and oxygen atoms in total. The van der Waals surface area contributed by atoms with Crippen molar-refractivity contribution < 1.29 is 0 Å². The van der Waals surface area contributed by atoms with Crippen LogP contribution < -0.4 is 0 Å². The summed E-state index contributed by atoms with van der Waals surface area (Å²) in [7, 11) is 0. The average molecular weight is 300 g/mol. The summed E-state index contributed by atoms with van der Waals surface area (Å²) in [5.41, 5.74) is 0.508. The van der Waals surface area contributed by atoms with E-state index in [4.69, 9.17) is 0 Å². The zero-order valence-electron chi connectivity index (χ0n) is 17.1. The van der Waals surface area contributed by atoms with E-state index >= 15 is 0 Å². The van der Waals surface area contributed by atoms with Crippen LogP contribution in [-0.4, -0.2) is 23.0 Å². The Balaban J connectivity index is 0. The lowest BCUT2D eigenvalue weighted by Crippen LogP contribution is -2.71. The lowest BCUT2D eigenvalue weighted by Gasteiger charge is -2.65. The van der Waals surface area contributed by atoms with E-state index in [9.17, 15) is 0 Å². The molecule has 2 bridgehead atoms. The highest BCUT2D eigenvalue weighted by molar-refractivity contribution is 5.08. The van der Waals surface area contributed by atoms with Crippen LogP contribution in [0.4, 0.5) is 0 Å². The predicted octanol–water partition coefficient (Wildman–Crippen LogP) is 6.62. The van der Waals surface area contributed by atoms with Gasteiger partial charge in [-0.25, -0.2) is 0 Å². The average Bonchev–Trinajstić information content (AvgIpc) is 2.51. The fraction of sp³-hybridized carbons (Fsp3) is 1.00. The van der Waals surface area contributed by atoms with Crippen LogP contribution in [0.5, 0.6) is 0 Å². The molecule has 0 amide bonds. The van der Waals surface area contributed by atoms with E-state index in [1.807, 2.05) is 41.5 Å². The fourth-order valence-electron chi connectivity index (χ4n) is 3.60. The summed E-state index contributed by atoms with van der Waals surface area (Å²) < 4.78 is 0. The van der Waals surface area contributed by atoms with Crippen LogP contribution in [-0.2, 0) is 0 Å². The standard InChI is InChI=1S/C14H27N.3C2H6/c1-10(2)6-7-12-8-13-9-15(11(12)3)14(13,4)5;3*1-2/h10-13H,6-9H2,1-5H3;3*1-2H3. The van der Waals surface area contributed by atoms with Gasteiger partial charge in [-0.3, -0.25) is 4.90 Å². The highest BCUT2D eigenvalue weighted by Gasteiger charge is 2.54. The molecule has 0 aromatic carbocycles. The Morgan fingerprint density at radius 3 is 1.81 bits per heavy atom. The monoisotopic (exact) mass is 299 g/mol. The second kappa shape index (κ2) is 11.5. The number of hydrogen-bond acceptors (Lipinski definition) is 1. The molecule has 0 saturated carbocycles. The molecule has 1 heteroatoms. The van der Waals surface area contributed by atoms with Gasteiger partial charge in [-0.2, -0.15) is 0 Å². The molecule has 0 radical (unpaired) electrons. The van der Waals surface area contributed by atoms with E-state index in [1.54, 1.807) is 0 Å². The molecule has 0 aromatic heterocycles. The van der Waals surface area contributed by atoms with Gasteiger partial charge >= 0.3 is 0 Å². The lowest BCUT2D eigenvalue weighted by molar-refractivity contribution is -0.151. The normalized spacial score (nSPS) is 31.4. The van der Waals surface area contributed by atoms with E-state index < -0.39 is 0 Å². The maximum Gasteiger partial charge on any atom is 0.0196 e. The molecule has 4 unspecified atom stereocenters. The quantitative estimate of drug-likeness (QED) is 0.566. The Hall–Kier alpha value is -0.0400. The summed E-state index contributed by atoms with van der Waals surface area (Å²) in [6.07, 6.45) is 4.34. The first-order valence-corrected chi connectivity index (χ1v) is 9.69. The van der Waals surface area contributed by atoms with Gasteiger partial charge in [-0.05, 0) is 51.4 Å². The maximum atomic E-state index is 2.73. The van der Waals surface area contributed by atoms with Gasteiger partial charge in [0.25, 0.3) is 0 Å². The van der Waals surface area contributed by atoms with Crippen molar-refractivity contribution in [1.29, 1.82) is 0 Å². The van der Waals surface area contributed by atoms with Gasteiger partial charge in [-0.15, -0.1) is 0 Å². The Bertz CT molecular complexity index is 232. The molecule has 3 heterocycles. The van der Waals surface area contributed by atoms with Crippen LogP contribution in [0.3, 0.4) is 0 Å². The fourth-order valence-corrected chi connectivity index (χ4v) is 3.60. The maximum absolute atomic E-state index is 2.73. The van der Waals surface area contributed by atoms with E-state index in [2.05, 4.69) is 39.5 Å². The molecular formula is C20H45N. The minimum Gasteiger partial charge on any atom is -0.295 e. The van der Waals surface area contributed by atoms with Gasteiger partial charge in [-0.1, -0.05) is 61.8 Å². The van der Waals surface area contributed by atoms with E-state index in [0.717, 1.165) is 23.8 Å². The van der Waals surface area contributed by atoms with Crippen LogP contribution in [0.2, 0.25) is 0 Å². The van der Waals surface area contributed by atoms with E-state index in [1.165, 1.54) is 25.8 Å². The second-order valence-corrected chi connectivity index (χ2v) is 6.71. The highest BCUT2D eigenvalue weighted by Crippen LogP contribution is 2.49. The Morgan fingerprint density at radius 1 is 1.00 bits per heavy atom. The first-order valence-electron chi connectivity index (χ1n) is 9.69. The summed E-state index contributed by atoms with van der Waals surface area (Å²) in [4.78, 5) is 2.73. The summed E-state index contributed by atoms with van der Waals surface area (Å²) in [6, 6.07) is 0.823. The molecule has 21 heavy (non-hydrogen) atoms. The molecule has 0 aromatic rings. The van der Waals surface area contributed by atoms with E-state index in [-0.39, 0.29) is 0 Å². The zero-order chi connectivity index (χ0) is 17.2. The Kier molecular flexibility index (Phi) is 12.7. The van der Waals surface area contributed by atoms with Crippen molar-refractivity contribution in [3.63, 3.8) is 0 Å². The molecule has 3 fully saturated rings. The molecule has 0 spiro atoms. The molecule has 0 N–H and O–H groups in total. The molecule has 130 valence electrons. The van der Waals surface area contributed by atoms with Crippen molar-refractivity contribution in [1.82, 2.24) is 4.90 Å². The van der Waals surface area contributed by atoms with E-state index in [0.29, 0.717) is 5.54 Å². The van der Waals surface area contributed by atoms with Crippen molar-refractivity contribution in [2.24, 2.45) is 17.8 Å². The summed E-state index contributed by atoms with van der Waals surface area (Å²) >= 11 is 0. The first-order chi connectivity index (χ1) is 9.93. The molecule has 0 aliphatic carbocycles. The smallest absolute Gasteiger partial charge is 0.0196 e. The van der Waals surface area contributed by atoms with Gasteiger partial charge in [0.2, 0.25) is 0 Å². The van der Waals surface area contributed by atoms with Gasteiger partial charge in [0.15, 0.2) is 0 Å². The van der Waals surface area contributed by atoms with Crippen molar-refractivity contribution in [3.05, 3.63) is 0 Å². The molecule has 4 atom stereocenters. The SMILES string of the molecule is CC.CC.CC.CC(C)CCC1CC2CN(C1C)C2(C)C. The van der Waals surface area contributed by atoms with Crippen LogP contribution in [0, 0.1) is 17.8 Å². The number of fused-ring (bicyclic) bond motifs is 2. The van der Waals surface area contributed by atoms with Crippen LogP contribution >= 0.6 is 0 Å². The number of piperidine rings is 2. The molecule has 3 aliphatic rings. The third kappa shape index (κ3) is 5.93. The predicted molar refractivity (Wildman–Crippen MR) is 100.0 cm³/mol. The first kappa shape index (κ1) is 23.2. The van der Waals surface area contributed by atoms with Gasteiger partial charge < -0.3 is 0 Å². The second-order valence-electron chi connectivity index (χ2n) is 6.71.